The SMILES string of the molecule is NC(=O)C1CC2(CCO2)C1. The number of ether oxygens (including phenoxy) is 1. The number of hydrogen-bond acceptors (Lipinski definition) is 2. The van der Waals surface area contributed by atoms with E-state index in [4.69, 9.17) is 10.5 Å². The predicted octanol–water partition coefficient (Wildman–Crippen LogP) is 0.0408. The van der Waals surface area contributed by atoms with E-state index in [0.29, 0.717) is 0 Å². The highest BCUT2D eigenvalue weighted by Crippen LogP contribution is 2.48. The summed E-state index contributed by atoms with van der Waals surface area (Å²) in [4.78, 5) is 10.6. The third kappa shape index (κ3) is 0.669. The highest BCUT2D eigenvalue weighted by atomic mass is 16.5. The molecule has 3 heteroatoms. The number of carbonyl (C=O) groups excluding carboxylic acids is 1. The Kier molecular flexibility index (Phi) is 1.06. The first-order valence-corrected chi connectivity index (χ1v) is 3.65. The van der Waals surface area contributed by atoms with E-state index < -0.39 is 0 Å². The first-order valence-electron chi connectivity index (χ1n) is 3.65. The molecule has 3 nitrogen and oxygen atoms in total. The quantitative estimate of drug-likeness (QED) is 0.560. The zero-order valence-electron chi connectivity index (χ0n) is 5.80. The van der Waals surface area contributed by atoms with Crippen molar-refractivity contribution in [3.05, 3.63) is 0 Å². The van der Waals surface area contributed by atoms with Crippen molar-refractivity contribution in [2.45, 2.75) is 24.9 Å². The Morgan fingerprint density at radius 2 is 2.20 bits per heavy atom. The van der Waals surface area contributed by atoms with E-state index in [1.165, 1.54) is 0 Å². The van der Waals surface area contributed by atoms with Gasteiger partial charge in [0.2, 0.25) is 5.91 Å². The molecule has 1 aliphatic heterocycles. The second-order valence-electron chi connectivity index (χ2n) is 3.29. The molecule has 0 unspecified atom stereocenters. The minimum atomic E-state index is -0.166. The van der Waals surface area contributed by atoms with Gasteiger partial charge in [0.15, 0.2) is 0 Å². The van der Waals surface area contributed by atoms with E-state index in [1.54, 1.807) is 0 Å². The van der Waals surface area contributed by atoms with Crippen LogP contribution in [0.15, 0.2) is 0 Å². The molecule has 1 saturated carbocycles. The number of primary amides is 1. The minimum absolute atomic E-state index is 0.0969. The zero-order chi connectivity index (χ0) is 7.19. The van der Waals surface area contributed by atoms with Crippen molar-refractivity contribution in [3.8, 4) is 0 Å². The molecular weight excluding hydrogens is 130 g/mol. The molecule has 0 aromatic carbocycles. The van der Waals surface area contributed by atoms with Gasteiger partial charge in [-0.3, -0.25) is 4.79 Å². The number of amides is 1. The molecule has 2 aliphatic rings. The molecule has 0 aromatic rings. The Labute approximate surface area is 59.5 Å². The smallest absolute Gasteiger partial charge is 0.220 e. The van der Waals surface area contributed by atoms with E-state index in [-0.39, 0.29) is 17.4 Å². The van der Waals surface area contributed by atoms with Gasteiger partial charge in [0, 0.05) is 5.92 Å². The van der Waals surface area contributed by atoms with Gasteiger partial charge in [-0.05, 0) is 19.3 Å². The molecule has 0 bridgehead atoms. The zero-order valence-corrected chi connectivity index (χ0v) is 5.80. The van der Waals surface area contributed by atoms with Crippen LogP contribution >= 0.6 is 0 Å². The Morgan fingerprint density at radius 1 is 1.60 bits per heavy atom. The average Bonchev–Trinajstić information content (AvgIpc) is 1.54. The summed E-state index contributed by atoms with van der Waals surface area (Å²) in [6.07, 6.45) is 2.85. The second kappa shape index (κ2) is 1.72. The van der Waals surface area contributed by atoms with Crippen molar-refractivity contribution >= 4 is 5.91 Å². The van der Waals surface area contributed by atoms with Crippen LogP contribution in [-0.4, -0.2) is 18.1 Å². The van der Waals surface area contributed by atoms with Crippen molar-refractivity contribution < 1.29 is 9.53 Å². The first-order chi connectivity index (χ1) is 4.72. The highest BCUT2D eigenvalue weighted by molar-refractivity contribution is 5.78. The maximum Gasteiger partial charge on any atom is 0.220 e. The highest BCUT2D eigenvalue weighted by Gasteiger charge is 2.51. The topological polar surface area (TPSA) is 52.3 Å². The van der Waals surface area contributed by atoms with E-state index in [1.807, 2.05) is 0 Å². The lowest BCUT2D eigenvalue weighted by atomic mass is 9.66. The monoisotopic (exact) mass is 141 g/mol. The molecule has 1 heterocycles. The summed E-state index contributed by atoms with van der Waals surface area (Å²) in [6, 6.07) is 0. The van der Waals surface area contributed by atoms with Gasteiger partial charge in [-0.2, -0.15) is 0 Å². The van der Waals surface area contributed by atoms with E-state index in [2.05, 4.69) is 0 Å². The number of hydrogen-bond donors (Lipinski definition) is 1. The third-order valence-electron chi connectivity index (χ3n) is 2.61. The summed E-state index contributed by atoms with van der Waals surface area (Å²) in [5.74, 6) is -0.0681. The molecule has 2 fully saturated rings. The molecule has 1 aliphatic carbocycles. The molecule has 2 N–H and O–H groups in total. The number of carbonyl (C=O) groups is 1. The van der Waals surface area contributed by atoms with Crippen LogP contribution < -0.4 is 5.73 Å². The summed E-state index contributed by atoms with van der Waals surface area (Å²) in [6.45, 7) is 0.867. The summed E-state index contributed by atoms with van der Waals surface area (Å²) >= 11 is 0. The molecule has 1 amide bonds. The molecule has 1 saturated heterocycles. The first kappa shape index (κ1) is 6.16. The van der Waals surface area contributed by atoms with Crippen LogP contribution in [-0.2, 0) is 9.53 Å². The van der Waals surface area contributed by atoms with Gasteiger partial charge >= 0.3 is 0 Å². The molecule has 0 atom stereocenters. The molecular formula is C7H11NO2. The fourth-order valence-corrected chi connectivity index (χ4v) is 1.75. The molecule has 0 aromatic heterocycles. The Hall–Kier alpha value is -0.570. The van der Waals surface area contributed by atoms with Gasteiger partial charge in [-0.25, -0.2) is 0 Å². The van der Waals surface area contributed by atoms with Crippen LogP contribution in [0.2, 0.25) is 0 Å². The fraction of sp³-hybridized carbons (Fsp3) is 0.857. The molecule has 56 valence electrons. The van der Waals surface area contributed by atoms with Crippen molar-refractivity contribution in [2.24, 2.45) is 11.7 Å². The fourth-order valence-electron chi connectivity index (χ4n) is 1.75. The predicted molar refractivity (Wildman–Crippen MR) is 35.2 cm³/mol. The summed E-state index contributed by atoms with van der Waals surface area (Å²) in [5.41, 5.74) is 5.20. The van der Waals surface area contributed by atoms with Crippen LogP contribution in [0.4, 0.5) is 0 Å². The van der Waals surface area contributed by atoms with Gasteiger partial charge in [0.1, 0.15) is 0 Å². The molecule has 0 radical (unpaired) electrons. The van der Waals surface area contributed by atoms with E-state index in [9.17, 15) is 4.79 Å². The Morgan fingerprint density at radius 3 is 2.50 bits per heavy atom. The third-order valence-corrected chi connectivity index (χ3v) is 2.61. The molecule has 2 rings (SSSR count). The van der Waals surface area contributed by atoms with Crippen molar-refractivity contribution in [2.75, 3.05) is 6.61 Å². The lowest BCUT2D eigenvalue weighted by Gasteiger charge is -2.52. The average molecular weight is 141 g/mol. The summed E-state index contributed by atoms with van der Waals surface area (Å²) in [7, 11) is 0. The number of rotatable bonds is 1. The van der Waals surface area contributed by atoms with Crippen LogP contribution in [0.5, 0.6) is 0 Å². The van der Waals surface area contributed by atoms with Crippen LogP contribution in [0, 0.1) is 5.92 Å². The van der Waals surface area contributed by atoms with Crippen molar-refractivity contribution in [3.63, 3.8) is 0 Å². The standard InChI is InChI=1S/C7H11NO2/c8-6(9)5-3-7(4-5)1-2-10-7/h5H,1-4H2,(H2,8,9). The van der Waals surface area contributed by atoms with Gasteiger partial charge in [-0.15, -0.1) is 0 Å². The largest absolute Gasteiger partial charge is 0.375 e. The van der Waals surface area contributed by atoms with Gasteiger partial charge < -0.3 is 10.5 Å². The van der Waals surface area contributed by atoms with Gasteiger partial charge in [-0.1, -0.05) is 0 Å². The minimum Gasteiger partial charge on any atom is -0.375 e. The Balaban J connectivity index is 1.88. The van der Waals surface area contributed by atoms with Crippen molar-refractivity contribution in [1.29, 1.82) is 0 Å². The number of nitrogens with two attached hydrogens (primary N) is 1. The maximum atomic E-state index is 10.6. The van der Waals surface area contributed by atoms with Crippen LogP contribution in [0.25, 0.3) is 0 Å². The molecule has 1 spiro atoms. The van der Waals surface area contributed by atoms with Gasteiger partial charge in [0.25, 0.3) is 0 Å². The van der Waals surface area contributed by atoms with E-state index in [0.717, 1.165) is 25.9 Å². The Bertz CT molecular complexity index is 166. The lowest BCUT2D eigenvalue weighted by Crippen LogP contribution is -2.56. The normalized spacial score (nSPS) is 44.2. The maximum absolute atomic E-state index is 10.6. The summed E-state index contributed by atoms with van der Waals surface area (Å²) in [5, 5.41) is 0. The summed E-state index contributed by atoms with van der Waals surface area (Å²) < 4.78 is 5.33. The van der Waals surface area contributed by atoms with Gasteiger partial charge in [0.05, 0.1) is 12.2 Å². The van der Waals surface area contributed by atoms with Crippen molar-refractivity contribution in [1.82, 2.24) is 0 Å². The van der Waals surface area contributed by atoms with E-state index >= 15 is 0 Å². The van der Waals surface area contributed by atoms with Crippen LogP contribution in [0.1, 0.15) is 19.3 Å². The molecule has 10 heavy (non-hydrogen) atoms. The van der Waals surface area contributed by atoms with Crippen LogP contribution in [0.3, 0.4) is 0 Å². The lowest BCUT2D eigenvalue weighted by molar-refractivity contribution is -0.212. The second-order valence-corrected chi connectivity index (χ2v) is 3.29.